The number of aromatic amines is 1. The van der Waals surface area contributed by atoms with E-state index in [9.17, 15) is 14.4 Å². The van der Waals surface area contributed by atoms with Crippen molar-refractivity contribution < 1.29 is 19.4 Å². The van der Waals surface area contributed by atoms with Crippen LogP contribution in [0.5, 0.6) is 11.5 Å². The lowest BCUT2D eigenvalue weighted by Crippen LogP contribution is -2.35. The van der Waals surface area contributed by atoms with Crippen molar-refractivity contribution in [2.24, 2.45) is 0 Å². The van der Waals surface area contributed by atoms with Gasteiger partial charge >= 0.3 is 11.7 Å². The van der Waals surface area contributed by atoms with E-state index in [1.54, 1.807) is 12.1 Å². The topological polar surface area (TPSA) is 124 Å². The van der Waals surface area contributed by atoms with E-state index in [1.165, 1.54) is 20.3 Å². The summed E-state index contributed by atoms with van der Waals surface area (Å²) in [6, 6.07) is 4.67. The zero-order valence-electron chi connectivity index (χ0n) is 11.8. The first-order valence-electron chi connectivity index (χ1n) is 6.12. The normalized spacial score (nSPS) is 10.3. The van der Waals surface area contributed by atoms with Gasteiger partial charge in [-0.25, -0.2) is 9.48 Å². The van der Waals surface area contributed by atoms with Crippen LogP contribution in [0.2, 0.25) is 0 Å². The molecule has 0 saturated heterocycles. The number of aromatic nitrogens is 3. The second-order valence-corrected chi connectivity index (χ2v) is 4.23. The standard InChI is InChI=1S/C13H13N3O6/c1-21-7-3-4-8(9(5-7)22-2)11-12(19)14-13(20)16(15-11)6-10(17)18/h3-5H,6H2,1-2H3,(H,17,18)(H,14,19,20). The molecule has 0 radical (unpaired) electrons. The van der Waals surface area contributed by atoms with E-state index in [4.69, 9.17) is 14.6 Å². The Morgan fingerprint density at radius 1 is 1.32 bits per heavy atom. The first-order chi connectivity index (χ1) is 10.5. The Bertz CT molecular complexity index is 823. The minimum Gasteiger partial charge on any atom is -0.497 e. The van der Waals surface area contributed by atoms with Gasteiger partial charge in [0.15, 0.2) is 5.69 Å². The van der Waals surface area contributed by atoms with Gasteiger partial charge < -0.3 is 14.6 Å². The molecule has 22 heavy (non-hydrogen) atoms. The molecule has 0 aliphatic heterocycles. The van der Waals surface area contributed by atoms with Gasteiger partial charge in [0.05, 0.1) is 14.2 Å². The number of hydrogen-bond acceptors (Lipinski definition) is 6. The van der Waals surface area contributed by atoms with E-state index in [1.807, 2.05) is 4.98 Å². The largest absolute Gasteiger partial charge is 0.497 e. The Morgan fingerprint density at radius 2 is 2.05 bits per heavy atom. The number of benzene rings is 1. The van der Waals surface area contributed by atoms with Gasteiger partial charge in [0, 0.05) is 11.6 Å². The molecule has 2 N–H and O–H groups in total. The Balaban J connectivity index is 2.64. The van der Waals surface area contributed by atoms with Crippen molar-refractivity contribution in [3.63, 3.8) is 0 Å². The highest BCUT2D eigenvalue weighted by molar-refractivity contribution is 5.68. The number of carboxylic acid groups (broad SMARTS) is 1. The smallest absolute Gasteiger partial charge is 0.345 e. The fraction of sp³-hybridized carbons (Fsp3) is 0.231. The molecule has 2 rings (SSSR count). The molecular formula is C13H13N3O6. The molecule has 0 atom stereocenters. The molecule has 9 heteroatoms. The van der Waals surface area contributed by atoms with Crippen molar-refractivity contribution >= 4 is 5.97 Å². The van der Waals surface area contributed by atoms with Gasteiger partial charge in [-0.15, -0.1) is 0 Å². The lowest BCUT2D eigenvalue weighted by atomic mass is 10.1. The predicted molar refractivity (Wildman–Crippen MR) is 75.3 cm³/mol. The van der Waals surface area contributed by atoms with E-state index in [-0.39, 0.29) is 5.69 Å². The SMILES string of the molecule is COc1ccc(-c2nn(CC(=O)O)c(=O)[nH]c2=O)c(OC)c1. The molecule has 2 aromatic rings. The van der Waals surface area contributed by atoms with Crippen molar-refractivity contribution in [3.05, 3.63) is 39.0 Å². The fourth-order valence-corrected chi connectivity index (χ4v) is 1.84. The maximum Gasteiger partial charge on any atom is 0.345 e. The average molecular weight is 307 g/mol. The zero-order chi connectivity index (χ0) is 16.3. The minimum atomic E-state index is -1.26. The van der Waals surface area contributed by atoms with Crippen molar-refractivity contribution in [1.82, 2.24) is 14.8 Å². The highest BCUT2D eigenvalue weighted by Gasteiger charge is 2.15. The highest BCUT2D eigenvalue weighted by atomic mass is 16.5. The van der Waals surface area contributed by atoms with Crippen molar-refractivity contribution in [2.75, 3.05) is 14.2 Å². The molecule has 0 aliphatic rings. The summed E-state index contributed by atoms with van der Waals surface area (Å²) in [5, 5.41) is 12.6. The summed E-state index contributed by atoms with van der Waals surface area (Å²) in [5.41, 5.74) is -1.46. The predicted octanol–water partition coefficient (Wildman–Crippen LogP) is -0.300. The Kier molecular flexibility index (Phi) is 4.25. The molecular weight excluding hydrogens is 294 g/mol. The lowest BCUT2D eigenvalue weighted by Gasteiger charge is -2.10. The molecule has 0 aliphatic carbocycles. The van der Waals surface area contributed by atoms with Crippen molar-refractivity contribution in [1.29, 1.82) is 0 Å². The van der Waals surface area contributed by atoms with Gasteiger partial charge in [-0.3, -0.25) is 14.6 Å². The Hall–Kier alpha value is -3.10. The van der Waals surface area contributed by atoms with Crippen LogP contribution in [0.4, 0.5) is 0 Å². The Labute approximate surface area is 123 Å². The molecule has 9 nitrogen and oxygen atoms in total. The number of nitrogens with one attached hydrogen (secondary N) is 1. The summed E-state index contributed by atoms with van der Waals surface area (Å²) in [4.78, 5) is 36.2. The van der Waals surface area contributed by atoms with Crippen LogP contribution in [-0.2, 0) is 11.3 Å². The maximum atomic E-state index is 11.9. The molecule has 0 unspecified atom stereocenters. The summed E-state index contributed by atoms with van der Waals surface area (Å²) in [6.07, 6.45) is 0. The third kappa shape index (κ3) is 2.97. The number of methoxy groups -OCH3 is 2. The van der Waals surface area contributed by atoms with Crippen LogP contribution >= 0.6 is 0 Å². The molecule has 0 amide bonds. The molecule has 1 heterocycles. The third-order valence-electron chi connectivity index (χ3n) is 2.84. The van der Waals surface area contributed by atoms with Crippen molar-refractivity contribution in [3.8, 4) is 22.8 Å². The van der Waals surface area contributed by atoms with E-state index < -0.39 is 23.8 Å². The molecule has 1 aromatic carbocycles. The van der Waals surface area contributed by atoms with Crippen LogP contribution in [-0.4, -0.2) is 40.1 Å². The number of hydrogen-bond donors (Lipinski definition) is 2. The van der Waals surface area contributed by atoms with E-state index in [2.05, 4.69) is 5.10 Å². The average Bonchev–Trinajstić information content (AvgIpc) is 2.49. The first-order valence-corrected chi connectivity index (χ1v) is 6.12. The van der Waals surface area contributed by atoms with Gasteiger partial charge in [0.2, 0.25) is 0 Å². The van der Waals surface area contributed by atoms with Crippen LogP contribution in [0.3, 0.4) is 0 Å². The van der Waals surface area contributed by atoms with Crippen LogP contribution in [0.25, 0.3) is 11.3 Å². The summed E-state index contributed by atoms with van der Waals surface area (Å²) in [5.74, 6) is -0.442. The molecule has 0 fully saturated rings. The number of aliphatic carboxylic acids is 1. The van der Waals surface area contributed by atoms with Gasteiger partial charge in [0.1, 0.15) is 18.0 Å². The number of ether oxygens (including phenoxy) is 2. The second-order valence-electron chi connectivity index (χ2n) is 4.23. The van der Waals surface area contributed by atoms with E-state index >= 15 is 0 Å². The van der Waals surface area contributed by atoms with Crippen LogP contribution in [0.1, 0.15) is 0 Å². The van der Waals surface area contributed by atoms with E-state index in [0.717, 1.165) is 0 Å². The number of rotatable bonds is 5. The lowest BCUT2D eigenvalue weighted by molar-refractivity contribution is -0.138. The van der Waals surface area contributed by atoms with Crippen molar-refractivity contribution in [2.45, 2.75) is 6.54 Å². The number of carboxylic acids is 1. The fourth-order valence-electron chi connectivity index (χ4n) is 1.84. The van der Waals surface area contributed by atoms with Crippen LogP contribution in [0, 0.1) is 0 Å². The van der Waals surface area contributed by atoms with E-state index in [0.29, 0.717) is 21.7 Å². The minimum absolute atomic E-state index is 0.125. The number of carbonyl (C=O) groups is 1. The summed E-state index contributed by atoms with van der Waals surface area (Å²) >= 11 is 0. The maximum absolute atomic E-state index is 11.9. The summed E-state index contributed by atoms with van der Waals surface area (Å²) < 4.78 is 10.9. The zero-order valence-corrected chi connectivity index (χ0v) is 11.8. The number of nitrogens with zero attached hydrogens (tertiary/aromatic N) is 2. The Morgan fingerprint density at radius 3 is 2.64 bits per heavy atom. The third-order valence-corrected chi connectivity index (χ3v) is 2.84. The number of H-pyrrole nitrogens is 1. The second kappa shape index (κ2) is 6.12. The van der Waals surface area contributed by atoms with Gasteiger partial charge in [-0.05, 0) is 12.1 Å². The molecule has 0 spiro atoms. The molecule has 1 aromatic heterocycles. The summed E-state index contributed by atoms with van der Waals surface area (Å²) in [6.45, 7) is -0.666. The van der Waals surface area contributed by atoms with Crippen LogP contribution in [0.15, 0.2) is 27.8 Å². The van der Waals surface area contributed by atoms with Gasteiger partial charge in [-0.1, -0.05) is 0 Å². The molecule has 0 saturated carbocycles. The van der Waals surface area contributed by atoms with Gasteiger partial charge in [0.25, 0.3) is 5.56 Å². The highest BCUT2D eigenvalue weighted by Crippen LogP contribution is 2.30. The monoisotopic (exact) mass is 307 g/mol. The molecule has 0 bridgehead atoms. The van der Waals surface area contributed by atoms with Gasteiger partial charge in [-0.2, -0.15) is 5.10 Å². The first kappa shape index (κ1) is 15.3. The van der Waals surface area contributed by atoms with Crippen LogP contribution < -0.4 is 20.7 Å². The quantitative estimate of drug-likeness (QED) is 0.777. The summed E-state index contributed by atoms with van der Waals surface area (Å²) in [7, 11) is 2.88. The molecule has 116 valence electrons.